The number of benzene rings is 1. The van der Waals surface area contributed by atoms with Crippen LogP contribution in [0.3, 0.4) is 0 Å². The Balaban J connectivity index is 1.54. The van der Waals surface area contributed by atoms with Crippen molar-refractivity contribution in [3.8, 4) is 11.4 Å². The lowest BCUT2D eigenvalue weighted by Crippen LogP contribution is -2.36. The molecule has 0 saturated carbocycles. The SMILES string of the molecule is CCc1cccc(-c2ncc(CCCN3CCOCC3)cn2)c1. The van der Waals surface area contributed by atoms with Gasteiger partial charge in [-0.25, -0.2) is 9.97 Å². The lowest BCUT2D eigenvalue weighted by Gasteiger charge is -2.26. The summed E-state index contributed by atoms with van der Waals surface area (Å²) < 4.78 is 5.37. The minimum absolute atomic E-state index is 0.817. The molecular weight excluding hydrogens is 286 g/mol. The van der Waals surface area contributed by atoms with Crippen LogP contribution in [0.25, 0.3) is 11.4 Å². The molecule has 1 aromatic carbocycles. The van der Waals surface area contributed by atoms with Crippen molar-refractivity contribution in [3.63, 3.8) is 0 Å². The predicted octanol–water partition coefficient (Wildman–Crippen LogP) is 2.97. The van der Waals surface area contributed by atoms with E-state index < -0.39 is 0 Å². The Morgan fingerprint density at radius 2 is 1.87 bits per heavy atom. The van der Waals surface area contributed by atoms with Crippen LogP contribution in [0.15, 0.2) is 36.7 Å². The largest absolute Gasteiger partial charge is 0.379 e. The minimum Gasteiger partial charge on any atom is -0.379 e. The van der Waals surface area contributed by atoms with Gasteiger partial charge < -0.3 is 4.74 Å². The molecular formula is C19H25N3O. The molecule has 1 aromatic heterocycles. The summed E-state index contributed by atoms with van der Waals surface area (Å²) in [5.74, 6) is 0.817. The molecule has 1 aliphatic rings. The van der Waals surface area contributed by atoms with Crippen molar-refractivity contribution in [3.05, 3.63) is 47.8 Å². The first-order chi connectivity index (χ1) is 11.3. The third-order valence-corrected chi connectivity index (χ3v) is 4.34. The first-order valence-electron chi connectivity index (χ1n) is 8.55. The summed E-state index contributed by atoms with van der Waals surface area (Å²) in [6, 6.07) is 8.47. The van der Waals surface area contributed by atoms with E-state index in [9.17, 15) is 0 Å². The Kier molecular flexibility index (Phi) is 5.72. The van der Waals surface area contributed by atoms with Gasteiger partial charge in [0.2, 0.25) is 0 Å². The first-order valence-corrected chi connectivity index (χ1v) is 8.55. The van der Waals surface area contributed by atoms with Crippen LogP contribution in [0.4, 0.5) is 0 Å². The van der Waals surface area contributed by atoms with Crippen molar-refractivity contribution < 1.29 is 4.74 Å². The summed E-state index contributed by atoms with van der Waals surface area (Å²) >= 11 is 0. The zero-order chi connectivity index (χ0) is 15.9. The quantitative estimate of drug-likeness (QED) is 0.822. The highest BCUT2D eigenvalue weighted by Gasteiger charge is 2.09. The monoisotopic (exact) mass is 311 g/mol. The first kappa shape index (κ1) is 16.1. The Morgan fingerprint density at radius 1 is 1.09 bits per heavy atom. The van der Waals surface area contributed by atoms with Gasteiger partial charge in [0, 0.05) is 31.0 Å². The van der Waals surface area contributed by atoms with Crippen LogP contribution < -0.4 is 0 Å². The van der Waals surface area contributed by atoms with Gasteiger partial charge in [-0.2, -0.15) is 0 Å². The van der Waals surface area contributed by atoms with Gasteiger partial charge in [-0.05, 0) is 43.0 Å². The number of morpholine rings is 1. The average Bonchev–Trinajstić information content (AvgIpc) is 2.63. The molecule has 0 amide bonds. The van der Waals surface area contributed by atoms with Gasteiger partial charge in [0.1, 0.15) is 0 Å². The molecule has 2 aromatic rings. The van der Waals surface area contributed by atoms with Gasteiger partial charge in [0.25, 0.3) is 0 Å². The standard InChI is InChI=1S/C19H25N3O/c1-2-16-5-3-7-18(13-16)19-20-14-17(15-21-19)6-4-8-22-9-11-23-12-10-22/h3,5,7,13-15H,2,4,6,8-12H2,1H3. The second-order valence-electron chi connectivity index (χ2n) is 6.03. The van der Waals surface area contributed by atoms with Gasteiger partial charge in [-0.15, -0.1) is 0 Å². The summed E-state index contributed by atoms with van der Waals surface area (Å²) in [7, 11) is 0. The van der Waals surface area contributed by atoms with Crippen molar-refractivity contribution in [2.45, 2.75) is 26.2 Å². The molecule has 4 nitrogen and oxygen atoms in total. The molecule has 0 atom stereocenters. The molecule has 1 fully saturated rings. The van der Waals surface area contributed by atoms with E-state index in [4.69, 9.17) is 4.74 Å². The number of aromatic nitrogens is 2. The second kappa shape index (κ2) is 8.18. The Morgan fingerprint density at radius 3 is 2.61 bits per heavy atom. The molecule has 0 N–H and O–H groups in total. The van der Waals surface area contributed by atoms with Crippen LogP contribution in [0.1, 0.15) is 24.5 Å². The fraction of sp³-hybridized carbons (Fsp3) is 0.474. The lowest BCUT2D eigenvalue weighted by molar-refractivity contribution is 0.0374. The van der Waals surface area contributed by atoms with Gasteiger partial charge in [-0.1, -0.05) is 25.1 Å². The second-order valence-corrected chi connectivity index (χ2v) is 6.03. The number of nitrogens with zero attached hydrogens (tertiary/aromatic N) is 3. The average molecular weight is 311 g/mol. The molecule has 0 unspecified atom stereocenters. The number of hydrogen-bond acceptors (Lipinski definition) is 4. The Hall–Kier alpha value is -1.78. The molecule has 23 heavy (non-hydrogen) atoms. The molecule has 2 heterocycles. The van der Waals surface area contributed by atoms with Gasteiger partial charge >= 0.3 is 0 Å². The summed E-state index contributed by atoms with van der Waals surface area (Å²) in [4.78, 5) is 11.6. The fourth-order valence-corrected chi connectivity index (χ4v) is 2.89. The zero-order valence-corrected chi connectivity index (χ0v) is 13.9. The fourth-order valence-electron chi connectivity index (χ4n) is 2.89. The van der Waals surface area contributed by atoms with Crippen LogP contribution in [0.5, 0.6) is 0 Å². The van der Waals surface area contributed by atoms with Gasteiger partial charge in [0.05, 0.1) is 13.2 Å². The highest BCUT2D eigenvalue weighted by Crippen LogP contribution is 2.17. The number of aryl methyl sites for hydroxylation is 2. The Labute approximate surface area is 138 Å². The number of ether oxygens (including phenoxy) is 1. The van der Waals surface area contributed by atoms with Crippen LogP contribution >= 0.6 is 0 Å². The molecule has 4 heteroatoms. The normalized spacial score (nSPS) is 15.7. The molecule has 3 rings (SSSR count). The minimum atomic E-state index is 0.817. The molecule has 1 aliphatic heterocycles. The smallest absolute Gasteiger partial charge is 0.159 e. The molecule has 0 radical (unpaired) electrons. The van der Waals surface area contributed by atoms with E-state index >= 15 is 0 Å². The highest BCUT2D eigenvalue weighted by molar-refractivity contribution is 5.55. The van der Waals surface area contributed by atoms with Crippen molar-refractivity contribution in [1.29, 1.82) is 0 Å². The van der Waals surface area contributed by atoms with Crippen molar-refractivity contribution in [2.24, 2.45) is 0 Å². The van der Waals surface area contributed by atoms with Gasteiger partial charge in [0.15, 0.2) is 5.82 Å². The van der Waals surface area contributed by atoms with Crippen LogP contribution in [0.2, 0.25) is 0 Å². The summed E-state index contributed by atoms with van der Waals surface area (Å²) in [5, 5.41) is 0. The maximum Gasteiger partial charge on any atom is 0.159 e. The maximum atomic E-state index is 5.37. The van der Waals surface area contributed by atoms with E-state index in [0.29, 0.717) is 0 Å². The van der Waals surface area contributed by atoms with Crippen molar-refractivity contribution in [2.75, 3.05) is 32.8 Å². The van der Waals surface area contributed by atoms with Gasteiger partial charge in [-0.3, -0.25) is 4.90 Å². The summed E-state index contributed by atoms with van der Waals surface area (Å²) in [5.41, 5.74) is 3.64. The number of hydrogen-bond donors (Lipinski definition) is 0. The van der Waals surface area contributed by atoms with E-state index in [0.717, 1.165) is 63.5 Å². The molecule has 122 valence electrons. The van der Waals surface area contributed by atoms with E-state index in [-0.39, 0.29) is 0 Å². The maximum absolute atomic E-state index is 5.37. The molecule has 0 spiro atoms. The summed E-state index contributed by atoms with van der Waals surface area (Å²) in [6.45, 7) is 7.15. The third-order valence-electron chi connectivity index (χ3n) is 4.34. The number of rotatable bonds is 6. The van der Waals surface area contributed by atoms with E-state index in [2.05, 4.69) is 46.1 Å². The van der Waals surface area contributed by atoms with Crippen molar-refractivity contribution in [1.82, 2.24) is 14.9 Å². The topological polar surface area (TPSA) is 38.2 Å². The summed E-state index contributed by atoms with van der Waals surface area (Å²) in [6.07, 6.45) is 7.16. The molecule has 1 saturated heterocycles. The highest BCUT2D eigenvalue weighted by atomic mass is 16.5. The van der Waals surface area contributed by atoms with E-state index in [1.807, 2.05) is 12.4 Å². The third kappa shape index (κ3) is 4.60. The van der Waals surface area contributed by atoms with Crippen LogP contribution in [0, 0.1) is 0 Å². The van der Waals surface area contributed by atoms with Crippen LogP contribution in [-0.2, 0) is 17.6 Å². The predicted molar refractivity (Wildman–Crippen MR) is 92.4 cm³/mol. The van der Waals surface area contributed by atoms with Crippen LogP contribution in [-0.4, -0.2) is 47.7 Å². The molecule has 0 aliphatic carbocycles. The zero-order valence-electron chi connectivity index (χ0n) is 13.9. The van der Waals surface area contributed by atoms with E-state index in [1.54, 1.807) is 0 Å². The van der Waals surface area contributed by atoms with Crippen molar-refractivity contribution >= 4 is 0 Å². The lowest BCUT2D eigenvalue weighted by atomic mass is 10.1. The molecule has 0 bridgehead atoms. The Bertz CT molecular complexity index is 606. The van der Waals surface area contributed by atoms with E-state index in [1.165, 1.54) is 11.1 Å².